The van der Waals surface area contributed by atoms with Crippen LogP contribution in [-0.2, 0) is 0 Å². The van der Waals surface area contributed by atoms with Gasteiger partial charge in [-0.2, -0.15) is 5.01 Å². The van der Waals surface area contributed by atoms with Crippen LogP contribution in [0.2, 0.25) is 0 Å². The van der Waals surface area contributed by atoms with E-state index >= 15 is 0 Å². The number of hydrazone groups is 1. The van der Waals surface area contributed by atoms with Gasteiger partial charge in [-0.1, -0.05) is 18.2 Å². The van der Waals surface area contributed by atoms with Crippen molar-refractivity contribution in [3.8, 4) is 0 Å². The minimum atomic E-state index is 0. The Kier molecular flexibility index (Phi) is 6.92. The molecule has 0 bridgehead atoms. The zero-order chi connectivity index (χ0) is 9.68. The number of hydrogen-bond donors (Lipinski definition) is 1. The molecule has 1 aromatic carbocycles. The summed E-state index contributed by atoms with van der Waals surface area (Å²) in [7, 11) is 0. The first-order chi connectivity index (χ1) is 6.25. The third kappa shape index (κ3) is 3.84. The second-order valence-corrected chi connectivity index (χ2v) is 2.78. The second kappa shape index (κ2) is 7.06. The summed E-state index contributed by atoms with van der Waals surface area (Å²) in [6, 6.07) is 9.27. The topological polar surface area (TPSA) is 41.6 Å². The van der Waals surface area contributed by atoms with Crippen LogP contribution in [0.15, 0.2) is 35.4 Å². The van der Waals surface area contributed by atoms with E-state index in [0.29, 0.717) is 0 Å². The monoisotopic (exact) mass is 233 g/mol. The van der Waals surface area contributed by atoms with Crippen molar-refractivity contribution in [3.63, 3.8) is 0 Å². The fourth-order valence-corrected chi connectivity index (χ4v) is 1.07. The molecule has 0 atom stereocenters. The van der Waals surface area contributed by atoms with Gasteiger partial charge in [-0.3, -0.25) is 0 Å². The molecule has 0 aliphatic rings. The Morgan fingerprint density at radius 3 is 2.36 bits per heavy atom. The van der Waals surface area contributed by atoms with Crippen LogP contribution in [0.5, 0.6) is 0 Å². The summed E-state index contributed by atoms with van der Waals surface area (Å²) < 4.78 is 0. The molecule has 0 aliphatic carbocycles. The Labute approximate surface area is 115 Å². The molecule has 1 rings (SSSR count). The number of rotatable bonds is 2. The van der Waals surface area contributed by atoms with Gasteiger partial charge in [0.25, 0.3) is 0 Å². The van der Waals surface area contributed by atoms with E-state index in [1.54, 1.807) is 0 Å². The van der Waals surface area contributed by atoms with Gasteiger partial charge in [-0.25, -0.2) is 0 Å². The Hall–Kier alpha value is -0.290. The molecule has 0 spiro atoms. The molecule has 14 heavy (non-hydrogen) atoms. The quantitative estimate of drug-likeness (QED) is 0.359. The molecule has 0 saturated carbocycles. The molecule has 1 aromatic rings. The third-order valence-electron chi connectivity index (χ3n) is 1.35. The Morgan fingerprint density at radius 2 is 1.93 bits per heavy atom. The van der Waals surface area contributed by atoms with Crippen molar-refractivity contribution in [2.45, 2.75) is 0 Å². The van der Waals surface area contributed by atoms with Crippen LogP contribution in [0.3, 0.4) is 0 Å². The fourth-order valence-electron chi connectivity index (χ4n) is 0.844. The van der Waals surface area contributed by atoms with Crippen molar-refractivity contribution >= 4 is 70.0 Å². The van der Waals surface area contributed by atoms with Crippen molar-refractivity contribution < 1.29 is 0 Å². The molecule has 0 aromatic heterocycles. The van der Waals surface area contributed by atoms with Crippen molar-refractivity contribution in [2.24, 2.45) is 10.8 Å². The molecule has 3 nitrogen and oxygen atoms in total. The summed E-state index contributed by atoms with van der Waals surface area (Å²) in [5.74, 6) is 0. The molecular weight excluding hydrogens is 225 g/mol. The SMILES string of the molecule is NC(=S)N(N=C=S)c1ccccc1.[NaH]. The van der Waals surface area contributed by atoms with Gasteiger partial charge in [0, 0.05) is 0 Å². The predicted molar refractivity (Wildman–Crippen MR) is 67.9 cm³/mol. The average molecular weight is 233 g/mol. The maximum absolute atomic E-state index is 5.43. The molecule has 0 heterocycles. The summed E-state index contributed by atoms with van der Waals surface area (Å²) >= 11 is 9.26. The van der Waals surface area contributed by atoms with Crippen molar-refractivity contribution in [2.75, 3.05) is 5.01 Å². The van der Waals surface area contributed by atoms with Gasteiger partial charge in [0.15, 0.2) is 5.11 Å². The van der Waals surface area contributed by atoms with Crippen LogP contribution in [0.4, 0.5) is 5.69 Å². The Bertz CT molecular complexity index is 347. The van der Waals surface area contributed by atoms with Crippen LogP contribution >= 0.6 is 24.4 Å². The van der Waals surface area contributed by atoms with Crippen LogP contribution in [0.1, 0.15) is 0 Å². The number of thiocarbonyl (C=S) groups is 2. The molecule has 0 saturated heterocycles. The first-order valence-electron chi connectivity index (χ1n) is 3.48. The summed E-state index contributed by atoms with van der Waals surface area (Å²) in [6.07, 6.45) is 0. The van der Waals surface area contributed by atoms with Crippen molar-refractivity contribution in [3.05, 3.63) is 30.3 Å². The number of nitrogens with zero attached hydrogens (tertiary/aromatic N) is 2. The number of isothiocyanates is 1. The van der Waals surface area contributed by atoms with E-state index < -0.39 is 0 Å². The molecule has 0 fully saturated rings. The number of nitrogens with two attached hydrogens (primary N) is 1. The first kappa shape index (κ1) is 13.7. The van der Waals surface area contributed by atoms with Crippen LogP contribution in [0.25, 0.3) is 0 Å². The van der Waals surface area contributed by atoms with E-state index in [1.807, 2.05) is 30.3 Å². The maximum atomic E-state index is 5.43. The Morgan fingerprint density at radius 1 is 1.36 bits per heavy atom. The summed E-state index contributed by atoms with van der Waals surface area (Å²) in [5, 5.41) is 7.43. The van der Waals surface area contributed by atoms with E-state index in [-0.39, 0.29) is 34.7 Å². The standard InChI is InChI=1S/C8H7N3S2.Na.H/c9-8(13)11(10-6-12)7-4-2-1-3-5-7;;/h1-5H,(H2,9,13);;. The number of anilines is 1. The van der Waals surface area contributed by atoms with Gasteiger partial charge >= 0.3 is 29.6 Å². The summed E-state index contributed by atoms with van der Waals surface area (Å²) in [4.78, 5) is 0. The van der Waals surface area contributed by atoms with E-state index in [0.717, 1.165) is 5.69 Å². The van der Waals surface area contributed by atoms with Gasteiger partial charge in [0.1, 0.15) is 0 Å². The normalized spacial score (nSPS) is 8.00. The fraction of sp³-hybridized carbons (Fsp3) is 0. The van der Waals surface area contributed by atoms with E-state index in [1.165, 1.54) is 5.01 Å². The van der Waals surface area contributed by atoms with Crippen LogP contribution in [0, 0.1) is 0 Å². The van der Waals surface area contributed by atoms with Crippen molar-refractivity contribution in [1.29, 1.82) is 0 Å². The summed E-state index contributed by atoms with van der Waals surface area (Å²) in [5.41, 5.74) is 6.20. The molecule has 0 amide bonds. The van der Waals surface area contributed by atoms with E-state index in [4.69, 9.17) is 18.0 Å². The molecule has 2 N–H and O–H groups in total. The molecular formula is C8H8N3NaS2. The minimum absolute atomic E-state index is 0. The Balaban J connectivity index is 0.00000169. The first-order valence-corrected chi connectivity index (χ1v) is 4.29. The van der Waals surface area contributed by atoms with Gasteiger partial charge in [0.2, 0.25) is 0 Å². The molecule has 0 radical (unpaired) electrons. The molecule has 68 valence electrons. The zero-order valence-electron chi connectivity index (χ0n) is 6.68. The van der Waals surface area contributed by atoms with E-state index in [9.17, 15) is 0 Å². The molecule has 0 aliphatic heterocycles. The molecule has 6 heteroatoms. The van der Waals surface area contributed by atoms with Gasteiger partial charge in [-0.05, 0) is 36.6 Å². The van der Waals surface area contributed by atoms with E-state index in [2.05, 4.69) is 22.5 Å². The number of hydrogen-bond acceptors (Lipinski definition) is 3. The number of para-hydroxylation sites is 1. The second-order valence-electron chi connectivity index (χ2n) is 2.18. The summed E-state index contributed by atoms with van der Waals surface area (Å²) in [6.45, 7) is 0. The molecule has 0 unspecified atom stereocenters. The van der Waals surface area contributed by atoms with Gasteiger partial charge in [0.05, 0.1) is 10.8 Å². The van der Waals surface area contributed by atoms with Gasteiger partial charge < -0.3 is 5.73 Å². The van der Waals surface area contributed by atoms with Gasteiger partial charge in [-0.15, -0.1) is 5.10 Å². The predicted octanol–water partition coefficient (Wildman–Crippen LogP) is 1.11. The van der Waals surface area contributed by atoms with Crippen molar-refractivity contribution in [1.82, 2.24) is 0 Å². The zero-order valence-corrected chi connectivity index (χ0v) is 8.31. The van der Waals surface area contributed by atoms with Crippen LogP contribution < -0.4 is 10.7 Å². The number of benzene rings is 1. The van der Waals surface area contributed by atoms with Crippen LogP contribution in [-0.4, -0.2) is 39.8 Å². The third-order valence-corrected chi connectivity index (χ3v) is 1.60. The average Bonchev–Trinajstić information content (AvgIpc) is 2.15.